The molecule has 7 nitrogen and oxygen atoms in total. The van der Waals surface area contributed by atoms with Crippen molar-refractivity contribution in [1.29, 1.82) is 0 Å². The third-order valence-electron chi connectivity index (χ3n) is 4.82. The number of ether oxygens (including phenoxy) is 1. The summed E-state index contributed by atoms with van der Waals surface area (Å²) in [5, 5.41) is 4.39. The van der Waals surface area contributed by atoms with Crippen molar-refractivity contribution in [3.05, 3.63) is 66.5 Å². The molecule has 162 valence electrons. The first-order valence-electron chi connectivity index (χ1n) is 10.4. The highest BCUT2D eigenvalue weighted by molar-refractivity contribution is 5.90. The number of benzene rings is 2. The summed E-state index contributed by atoms with van der Waals surface area (Å²) in [4.78, 5) is 31.8. The third-order valence-corrected chi connectivity index (χ3v) is 4.82. The molecule has 7 heteroatoms. The van der Waals surface area contributed by atoms with Crippen LogP contribution >= 0.6 is 0 Å². The summed E-state index contributed by atoms with van der Waals surface area (Å²) in [5.41, 5.74) is 1.58. The van der Waals surface area contributed by atoms with Crippen molar-refractivity contribution in [3.8, 4) is 17.1 Å². The first-order chi connectivity index (χ1) is 14.8. The van der Waals surface area contributed by atoms with E-state index in [1.807, 2.05) is 88.4 Å². The van der Waals surface area contributed by atoms with Crippen LogP contribution in [0.3, 0.4) is 0 Å². The average molecular weight is 421 g/mol. The highest BCUT2D eigenvalue weighted by Gasteiger charge is 2.29. The monoisotopic (exact) mass is 420 g/mol. The van der Waals surface area contributed by atoms with Crippen molar-refractivity contribution < 1.29 is 14.3 Å². The van der Waals surface area contributed by atoms with E-state index in [4.69, 9.17) is 4.74 Å². The second-order valence-electron chi connectivity index (χ2n) is 7.85. The molecule has 0 spiro atoms. The van der Waals surface area contributed by atoms with E-state index in [0.717, 1.165) is 11.3 Å². The normalized spacial score (nSPS) is 12.1. The summed E-state index contributed by atoms with van der Waals surface area (Å²) in [5.74, 6) is -0.559. The second-order valence-corrected chi connectivity index (χ2v) is 7.85. The van der Waals surface area contributed by atoms with E-state index < -0.39 is 12.1 Å². The molecule has 0 aliphatic rings. The Balaban J connectivity index is 1.90. The summed E-state index contributed by atoms with van der Waals surface area (Å²) < 4.78 is 7.06. The molecule has 0 saturated heterocycles. The maximum absolute atomic E-state index is 12.8. The first kappa shape index (κ1) is 22.2. The molecule has 31 heavy (non-hydrogen) atoms. The van der Waals surface area contributed by atoms with Gasteiger partial charge in [0.15, 0.2) is 11.9 Å². The van der Waals surface area contributed by atoms with Crippen molar-refractivity contribution in [3.63, 3.8) is 0 Å². The molecule has 0 N–H and O–H groups in total. The van der Waals surface area contributed by atoms with Crippen LogP contribution in [0, 0.1) is 0 Å². The largest absolute Gasteiger partial charge is 0.447 e. The lowest BCUT2D eigenvalue weighted by atomic mass is 10.2. The predicted molar refractivity (Wildman–Crippen MR) is 119 cm³/mol. The first-order valence-corrected chi connectivity index (χ1v) is 10.4. The highest BCUT2D eigenvalue weighted by Crippen LogP contribution is 2.21. The Bertz CT molecular complexity index is 964. The Morgan fingerprint density at radius 1 is 0.871 bits per heavy atom. The number of hydrogen-bond donors (Lipinski definition) is 0. The highest BCUT2D eigenvalue weighted by atomic mass is 16.5. The number of carbonyl (C=O) groups excluding carboxylic acids is 2. The minimum atomic E-state index is -0.943. The molecule has 0 fully saturated rings. The molecule has 1 aromatic heterocycles. The van der Waals surface area contributed by atoms with Crippen LogP contribution in [-0.2, 0) is 9.53 Å². The summed E-state index contributed by atoms with van der Waals surface area (Å²) in [6.07, 6.45) is -0.943. The minimum absolute atomic E-state index is 0.00579. The molecule has 1 unspecified atom stereocenters. The Labute approximate surface area is 182 Å². The van der Waals surface area contributed by atoms with Crippen LogP contribution in [0.25, 0.3) is 17.1 Å². The lowest BCUT2D eigenvalue weighted by Crippen LogP contribution is -2.47. The van der Waals surface area contributed by atoms with Gasteiger partial charge in [0.1, 0.15) is 0 Å². The zero-order valence-electron chi connectivity index (χ0n) is 18.5. The maximum atomic E-state index is 12.8. The molecule has 0 saturated carbocycles. The molecule has 1 atom stereocenters. The average Bonchev–Trinajstić information content (AvgIpc) is 3.20. The second kappa shape index (κ2) is 9.55. The Morgan fingerprint density at radius 3 is 1.97 bits per heavy atom. The summed E-state index contributed by atoms with van der Waals surface area (Å²) in [6.45, 7) is 9.30. The molecule has 0 radical (unpaired) electrons. The summed E-state index contributed by atoms with van der Waals surface area (Å²) >= 11 is 0. The number of para-hydroxylation sites is 1. The minimum Gasteiger partial charge on any atom is -0.447 e. The standard InChI is InChI=1S/C24H28N4O3/c1-16(2)27(17(3)4)23(29)18(5)31-24(30)21-25-22(19-12-8-6-9-13-19)28(26-21)20-14-10-7-11-15-20/h6-18H,1-5H3. The molecule has 2 aromatic carbocycles. The van der Waals surface area contributed by atoms with Gasteiger partial charge in [0.25, 0.3) is 11.7 Å². The molecular weight excluding hydrogens is 392 g/mol. The van der Waals surface area contributed by atoms with Crippen molar-refractivity contribution in [2.45, 2.75) is 52.8 Å². The van der Waals surface area contributed by atoms with Gasteiger partial charge in [0, 0.05) is 17.6 Å². The van der Waals surface area contributed by atoms with Crippen LogP contribution in [-0.4, -0.2) is 49.7 Å². The number of rotatable bonds is 7. The summed E-state index contributed by atoms with van der Waals surface area (Å²) in [7, 11) is 0. The van der Waals surface area contributed by atoms with Gasteiger partial charge in [-0.05, 0) is 46.8 Å². The van der Waals surface area contributed by atoms with Crippen LogP contribution in [0.5, 0.6) is 0 Å². The van der Waals surface area contributed by atoms with Gasteiger partial charge in [-0.25, -0.2) is 14.5 Å². The lowest BCUT2D eigenvalue weighted by Gasteiger charge is -2.32. The van der Waals surface area contributed by atoms with Gasteiger partial charge >= 0.3 is 5.97 Å². The van der Waals surface area contributed by atoms with E-state index in [-0.39, 0.29) is 23.8 Å². The molecule has 1 amide bonds. The van der Waals surface area contributed by atoms with Crippen molar-refractivity contribution in [1.82, 2.24) is 19.7 Å². The number of carbonyl (C=O) groups is 2. The van der Waals surface area contributed by atoms with Gasteiger partial charge in [0.2, 0.25) is 0 Å². The van der Waals surface area contributed by atoms with Crippen LogP contribution in [0.2, 0.25) is 0 Å². The quantitative estimate of drug-likeness (QED) is 0.537. The molecule has 3 aromatic rings. The van der Waals surface area contributed by atoms with Gasteiger partial charge < -0.3 is 9.64 Å². The van der Waals surface area contributed by atoms with Crippen LogP contribution in [0.4, 0.5) is 0 Å². The molecule has 0 bridgehead atoms. The van der Waals surface area contributed by atoms with Gasteiger partial charge in [-0.1, -0.05) is 48.5 Å². The lowest BCUT2D eigenvalue weighted by molar-refractivity contribution is -0.143. The molecule has 0 aliphatic heterocycles. The molecule has 1 heterocycles. The van der Waals surface area contributed by atoms with Gasteiger partial charge in [0.05, 0.1) is 5.69 Å². The number of nitrogens with zero attached hydrogens (tertiary/aromatic N) is 4. The fraction of sp³-hybridized carbons (Fsp3) is 0.333. The van der Waals surface area contributed by atoms with E-state index in [9.17, 15) is 9.59 Å². The predicted octanol–water partition coefficient (Wildman–Crippen LogP) is 4.13. The van der Waals surface area contributed by atoms with Crippen molar-refractivity contribution >= 4 is 11.9 Å². The van der Waals surface area contributed by atoms with Crippen LogP contribution in [0.1, 0.15) is 45.2 Å². The topological polar surface area (TPSA) is 77.3 Å². The van der Waals surface area contributed by atoms with Crippen molar-refractivity contribution in [2.24, 2.45) is 0 Å². The molecular formula is C24H28N4O3. The number of hydrogen-bond acceptors (Lipinski definition) is 5. The Hall–Kier alpha value is -3.48. The third kappa shape index (κ3) is 4.99. The number of aromatic nitrogens is 3. The zero-order valence-corrected chi connectivity index (χ0v) is 18.5. The number of amides is 1. The van der Waals surface area contributed by atoms with Crippen LogP contribution in [0.15, 0.2) is 60.7 Å². The van der Waals surface area contributed by atoms with Crippen LogP contribution < -0.4 is 0 Å². The number of esters is 1. The molecule has 3 rings (SSSR count). The SMILES string of the molecule is CC(OC(=O)c1nc(-c2ccccc2)n(-c2ccccc2)n1)C(=O)N(C(C)C)C(C)C. The fourth-order valence-corrected chi connectivity index (χ4v) is 3.50. The fourth-order valence-electron chi connectivity index (χ4n) is 3.50. The van der Waals surface area contributed by atoms with E-state index in [0.29, 0.717) is 5.82 Å². The zero-order chi connectivity index (χ0) is 22.5. The Kier molecular flexibility index (Phi) is 6.84. The van der Waals surface area contributed by atoms with Gasteiger partial charge in [-0.3, -0.25) is 4.79 Å². The van der Waals surface area contributed by atoms with E-state index in [2.05, 4.69) is 10.1 Å². The van der Waals surface area contributed by atoms with E-state index in [1.165, 1.54) is 0 Å². The molecule has 0 aliphatic carbocycles. The van der Waals surface area contributed by atoms with Gasteiger partial charge in [-0.2, -0.15) is 0 Å². The Morgan fingerprint density at radius 2 is 1.42 bits per heavy atom. The van der Waals surface area contributed by atoms with Crippen molar-refractivity contribution in [2.75, 3.05) is 0 Å². The smallest absolute Gasteiger partial charge is 0.379 e. The summed E-state index contributed by atoms with van der Waals surface area (Å²) in [6, 6.07) is 18.9. The maximum Gasteiger partial charge on any atom is 0.379 e. The van der Waals surface area contributed by atoms with E-state index in [1.54, 1.807) is 16.5 Å². The van der Waals surface area contributed by atoms with E-state index >= 15 is 0 Å². The van der Waals surface area contributed by atoms with Gasteiger partial charge in [-0.15, -0.1) is 5.10 Å².